The molecule has 1 amide bonds. The van der Waals surface area contributed by atoms with E-state index in [4.69, 9.17) is 11.6 Å². The highest BCUT2D eigenvalue weighted by atomic mass is 35.5. The number of para-hydroxylation sites is 1. The molecule has 0 radical (unpaired) electrons. The average Bonchev–Trinajstić information content (AvgIpc) is 2.88. The van der Waals surface area contributed by atoms with Crippen LogP contribution in [0.5, 0.6) is 0 Å². The number of nitrogens with zero attached hydrogens (tertiary/aromatic N) is 3. The molecule has 0 aliphatic carbocycles. The van der Waals surface area contributed by atoms with Gasteiger partial charge in [0.15, 0.2) is 11.6 Å². The molecule has 2 heterocycles. The Bertz CT molecular complexity index is 722. The van der Waals surface area contributed by atoms with E-state index in [2.05, 4.69) is 15.3 Å². The van der Waals surface area contributed by atoms with Gasteiger partial charge in [0.25, 0.3) is 0 Å². The smallest absolute Gasteiger partial charge is 0.224 e. The summed E-state index contributed by atoms with van der Waals surface area (Å²) >= 11 is 5.69. The van der Waals surface area contributed by atoms with Gasteiger partial charge in [-0.15, -0.1) is 0 Å². The van der Waals surface area contributed by atoms with Gasteiger partial charge in [0, 0.05) is 13.5 Å². The van der Waals surface area contributed by atoms with Gasteiger partial charge in [-0.1, -0.05) is 12.1 Å². The Hall–Kier alpha value is -2.21. The maximum absolute atomic E-state index is 13.7. The van der Waals surface area contributed by atoms with Crippen LogP contribution in [0.2, 0.25) is 5.28 Å². The van der Waals surface area contributed by atoms with Crippen molar-refractivity contribution < 1.29 is 9.18 Å². The van der Waals surface area contributed by atoms with Crippen LogP contribution in [0, 0.1) is 5.82 Å². The molecule has 108 valence electrons. The third kappa shape index (κ3) is 2.54. The zero-order valence-corrected chi connectivity index (χ0v) is 12.0. The number of hydrogen-bond donors (Lipinski definition) is 1. The van der Waals surface area contributed by atoms with Crippen LogP contribution < -0.4 is 10.2 Å². The van der Waals surface area contributed by atoms with Gasteiger partial charge in [-0.25, -0.2) is 9.37 Å². The summed E-state index contributed by atoms with van der Waals surface area (Å²) < 4.78 is 13.7. The lowest BCUT2D eigenvalue weighted by Gasteiger charge is -2.19. The number of amides is 1. The lowest BCUT2D eigenvalue weighted by Crippen LogP contribution is -2.26. The minimum Gasteiger partial charge on any atom is -0.336 e. The van der Waals surface area contributed by atoms with Crippen LogP contribution in [0.1, 0.15) is 12.5 Å². The van der Waals surface area contributed by atoms with Gasteiger partial charge in [-0.05, 0) is 29.7 Å². The van der Waals surface area contributed by atoms with E-state index in [-0.39, 0.29) is 17.0 Å². The first-order valence-corrected chi connectivity index (χ1v) is 6.79. The molecule has 1 N–H and O–H groups in total. The first kappa shape index (κ1) is 13.8. The van der Waals surface area contributed by atoms with E-state index in [0.717, 1.165) is 23.9 Å². The van der Waals surface area contributed by atoms with Crippen molar-refractivity contribution in [3.63, 3.8) is 0 Å². The first-order valence-electron chi connectivity index (χ1n) is 6.41. The number of benzene rings is 1. The molecule has 5 nitrogen and oxygen atoms in total. The fourth-order valence-electron chi connectivity index (χ4n) is 2.43. The summed E-state index contributed by atoms with van der Waals surface area (Å²) in [5, 5.41) is 2.85. The van der Waals surface area contributed by atoms with Crippen molar-refractivity contribution in [1.29, 1.82) is 0 Å². The zero-order chi connectivity index (χ0) is 15.0. The molecule has 3 rings (SSSR count). The van der Waals surface area contributed by atoms with E-state index in [9.17, 15) is 9.18 Å². The number of aromatic nitrogens is 2. The molecule has 1 aliphatic rings. The van der Waals surface area contributed by atoms with Crippen molar-refractivity contribution in [2.45, 2.75) is 13.3 Å². The minimum absolute atomic E-state index is 0.0150. The van der Waals surface area contributed by atoms with Crippen LogP contribution in [0.3, 0.4) is 0 Å². The van der Waals surface area contributed by atoms with Crippen LogP contribution in [0.15, 0.2) is 24.4 Å². The van der Waals surface area contributed by atoms with Crippen LogP contribution in [0.25, 0.3) is 0 Å². The van der Waals surface area contributed by atoms with Gasteiger partial charge < -0.3 is 10.2 Å². The van der Waals surface area contributed by atoms with Gasteiger partial charge in [-0.3, -0.25) is 4.79 Å². The monoisotopic (exact) mass is 306 g/mol. The number of rotatable bonds is 2. The minimum atomic E-state index is -0.607. The summed E-state index contributed by atoms with van der Waals surface area (Å²) in [4.78, 5) is 20.8. The molecule has 21 heavy (non-hydrogen) atoms. The topological polar surface area (TPSA) is 58.1 Å². The molecule has 1 aromatic carbocycles. The Morgan fingerprint density at radius 1 is 1.48 bits per heavy atom. The Morgan fingerprint density at radius 3 is 3.05 bits per heavy atom. The zero-order valence-electron chi connectivity index (χ0n) is 11.2. The number of nitrogens with one attached hydrogen (secondary N) is 1. The van der Waals surface area contributed by atoms with Crippen LogP contribution in [0.4, 0.5) is 21.6 Å². The molecular weight excluding hydrogens is 295 g/mol. The predicted octanol–water partition coefficient (Wildman–Crippen LogP) is 2.92. The van der Waals surface area contributed by atoms with Crippen molar-refractivity contribution in [2.75, 3.05) is 16.8 Å². The quantitative estimate of drug-likeness (QED) is 0.867. The molecule has 0 saturated carbocycles. The van der Waals surface area contributed by atoms with Crippen molar-refractivity contribution in [3.8, 4) is 0 Å². The molecule has 0 spiro atoms. The molecular formula is C14H12ClFN4O. The summed E-state index contributed by atoms with van der Waals surface area (Å²) in [5.41, 5.74) is 2.42. The van der Waals surface area contributed by atoms with Crippen molar-refractivity contribution in [2.24, 2.45) is 0 Å². The third-order valence-electron chi connectivity index (χ3n) is 3.34. The van der Waals surface area contributed by atoms with E-state index in [0.29, 0.717) is 12.2 Å². The second-order valence-corrected chi connectivity index (χ2v) is 5.03. The lowest BCUT2D eigenvalue weighted by molar-refractivity contribution is -0.116. The molecule has 7 heteroatoms. The number of fused-ring (bicyclic) bond motifs is 1. The maximum Gasteiger partial charge on any atom is 0.224 e. The fourth-order valence-corrected chi connectivity index (χ4v) is 2.57. The van der Waals surface area contributed by atoms with Crippen LogP contribution in [-0.4, -0.2) is 22.4 Å². The van der Waals surface area contributed by atoms with E-state index in [1.54, 1.807) is 11.0 Å². The number of carbonyl (C=O) groups is 1. The van der Waals surface area contributed by atoms with Crippen LogP contribution >= 0.6 is 11.6 Å². The van der Waals surface area contributed by atoms with Gasteiger partial charge in [-0.2, -0.15) is 4.98 Å². The Labute approximate surface area is 125 Å². The maximum atomic E-state index is 13.7. The average molecular weight is 307 g/mol. The summed E-state index contributed by atoms with van der Waals surface area (Å²) in [6.07, 6.45) is 1.78. The van der Waals surface area contributed by atoms with Crippen molar-refractivity contribution in [1.82, 2.24) is 9.97 Å². The normalized spacial score (nSPS) is 13.2. The first-order chi connectivity index (χ1) is 10.1. The molecule has 1 aromatic heterocycles. The number of hydrogen-bond acceptors (Lipinski definition) is 4. The second kappa shape index (κ2) is 5.29. The Morgan fingerprint density at radius 2 is 2.29 bits per heavy atom. The summed E-state index contributed by atoms with van der Waals surface area (Å²) in [6.45, 7) is 2.13. The highest BCUT2D eigenvalue weighted by molar-refractivity contribution is 6.28. The highest BCUT2D eigenvalue weighted by Gasteiger charge is 2.25. The number of anilines is 3. The molecule has 0 bridgehead atoms. The van der Waals surface area contributed by atoms with E-state index in [1.807, 2.05) is 12.1 Å². The van der Waals surface area contributed by atoms with Gasteiger partial charge in [0.05, 0.1) is 17.6 Å². The molecule has 1 aliphatic heterocycles. The van der Waals surface area contributed by atoms with Crippen molar-refractivity contribution in [3.05, 3.63) is 41.1 Å². The van der Waals surface area contributed by atoms with E-state index >= 15 is 0 Å². The van der Waals surface area contributed by atoms with Crippen molar-refractivity contribution >= 4 is 34.7 Å². The summed E-state index contributed by atoms with van der Waals surface area (Å²) in [7, 11) is 0. The summed E-state index contributed by atoms with van der Waals surface area (Å²) in [5.74, 6) is -0.674. The van der Waals surface area contributed by atoms with Gasteiger partial charge in [0.2, 0.25) is 11.2 Å². The third-order valence-corrected chi connectivity index (χ3v) is 3.52. The molecule has 0 fully saturated rings. The SMILES string of the molecule is CC(=O)N1CCc2cccc(Nc3nc(Cl)ncc3F)c21. The van der Waals surface area contributed by atoms with E-state index in [1.165, 1.54) is 6.92 Å². The number of carbonyl (C=O) groups excluding carboxylic acids is 1. The summed E-state index contributed by atoms with van der Waals surface area (Å²) in [6, 6.07) is 5.58. The van der Waals surface area contributed by atoms with Crippen LogP contribution in [-0.2, 0) is 11.2 Å². The van der Waals surface area contributed by atoms with E-state index < -0.39 is 5.82 Å². The standard InChI is InChI=1S/C14H12ClFN4O/c1-8(21)20-6-5-9-3-2-4-11(12(9)20)18-13-10(16)7-17-14(15)19-13/h2-4,7H,5-6H2,1H3,(H,17,18,19). The van der Waals surface area contributed by atoms with Gasteiger partial charge in [0.1, 0.15) is 0 Å². The molecule has 0 atom stereocenters. The fraction of sp³-hybridized carbons (Fsp3) is 0.214. The highest BCUT2D eigenvalue weighted by Crippen LogP contribution is 2.37. The molecule has 0 saturated heterocycles. The number of halogens is 2. The predicted molar refractivity (Wildman–Crippen MR) is 78.5 cm³/mol. The Kier molecular flexibility index (Phi) is 3.47. The second-order valence-electron chi connectivity index (χ2n) is 4.69. The largest absolute Gasteiger partial charge is 0.336 e. The van der Waals surface area contributed by atoms with Gasteiger partial charge >= 0.3 is 0 Å². The lowest BCUT2D eigenvalue weighted by atomic mass is 10.1. The molecule has 2 aromatic rings. The Balaban J connectivity index is 2.03. The molecule has 0 unspecified atom stereocenters.